The van der Waals surface area contributed by atoms with Crippen molar-refractivity contribution in [2.45, 2.75) is 52.1 Å². The number of rotatable bonds is 13. The number of nitrogens with zero attached hydrogens (tertiary/aromatic N) is 5. The number of nitrogens with one attached hydrogen (secondary N) is 2. The number of carbonyl (C=O) groups is 2. The monoisotopic (exact) mass is 755 g/mol. The molecule has 1 aliphatic heterocycles. The molecule has 0 atom stereocenters. The van der Waals surface area contributed by atoms with Crippen molar-refractivity contribution in [2.24, 2.45) is 0 Å². The van der Waals surface area contributed by atoms with E-state index in [-0.39, 0.29) is 54.4 Å². The number of anilines is 3. The van der Waals surface area contributed by atoms with Gasteiger partial charge in [0.05, 0.1) is 23.6 Å². The molecule has 4 aromatic rings. The lowest BCUT2D eigenvalue weighted by atomic mass is 10.1. The molecule has 2 N–H and O–H groups in total. The predicted octanol–water partition coefficient (Wildman–Crippen LogP) is 6.80. The second-order valence-electron chi connectivity index (χ2n) is 14.9. The molecular weight excluding hydrogens is 709 g/mol. The minimum absolute atomic E-state index is 0.0909. The van der Waals surface area contributed by atoms with E-state index in [0.29, 0.717) is 47.1 Å². The number of aromatic nitrogens is 3. The molecule has 0 saturated heterocycles. The Labute approximate surface area is 309 Å². The van der Waals surface area contributed by atoms with E-state index in [1.54, 1.807) is 45.2 Å². The summed E-state index contributed by atoms with van der Waals surface area (Å²) in [5, 5.41) is 7.18. The Kier molecular flexibility index (Phi) is 12.0. The number of ether oxygens (including phenoxy) is 3. The average molecular weight is 756 g/mol. The Morgan fingerprint density at radius 3 is 2.60 bits per heavy atom. The van der Waals surface area contributed by atoms with Crippen molar-refractivity contribution < 1.29 is 33.0 Å². The van der Waals surface area contributed by atoms with Crippen molar-refractivity contribution in [2.75, 3.05) is 64.0 Å². The van der Waals surface area contributed by atoms with Gasteiger partial charge in [-0.2, -0.15) is 4.73 Å². The van der Waals surface area contributed by atoms with Gasteiger partial charge in [0, 0.05) is 49.9 Å². The molecule has 3 aromatic heterocycles. The molecule has 280 valence electrons. The van der Waals surface area contributed by atoms with E-state index in [2.05, 4.69) is 40.2 Å². The van der Waals surface area contributed by atoms with Gasteiger partial charge in [0.2, 0.25) is 6.79 Å². The van der Waals surface area contributed by atoms with Crippen LogP contribution in [-0.2, 0) is 9.47 Å². The molecule has 1 aromatic carbocycles. The first kappa shape index (κ1) is 38.8. The van der Waals surface area contributed by atoms with Crippen molar-refractivity contribution in [3.8, 4) is 17.0 Å². The van der Waals surface area contributed by atoms with Gasteiger partial charge >= 0.3 is 6.09 Å². The molecule has 0 fully saturated rings. The summed E-state index contributed by atoms with van der Waals surface area (Å²) >= 11 is 6.28. The molecule has 52 heavy (non-hydrogen) atoms. The van der Waals surface area contributed by atoms with Crippen LogP contribution in [-0.4, -0.2) is 99.0 Å². The average Bonchev–Trinajstić information content (AvgIpc) is 3.43. The first-order valence-corrected chi connectivity index (χ1v) is 21.1. The van der Waals surface area contributed by atoms with Crippen molar-refractivity contribution >= 4 is 59.9 Å². The topological polar surface area (TPSA) is 132 Å². The SMILES string of the molecule is CN(C)CCNC(=O)c1cc2c(Nc3cc(-c4cc(Cl)ccc4F)nc4c3OCCN4C(=O)OC(C)(C)C)ccnc2n1OCOCC[Si](C)(C)C. The van der Waals surface area contributed by atoms with Crippen LogP contribution in [0.1, 0.15) is 31.3 Å². The fraction of sp³-hybridized carbons (Fsp3) is 0.444. The molecule has 2 amide bonds. The summed E-state index contributed by atoms with van der Waals surface area (Å²) in [4.78, 5) is 45.5. The molecule has 4 heterocycles. The van der Waals surface area contributed by atoms with Gasteiger partial charge < -0.3 is 34.6 Å². The van der Waals surface area contributed by atoms with E-state index in [9.17, 15) is 9.59 Å². The smallest absolute Gasteiger partial charge is 0.416 e. The van der Waals surface area contributed by atoms with Crippen molar-refractivity contribution in [3.05, 3.63) is 59.1 Å². The van der Waals surface area contributed by atoms with Gasteiger partial charge in [-0.15, -0.1) is 0 Å². The molecule has 0 saturated carbocycles. The summed E-state index contributed by atoms with van der Waals surface area (Å²) in [7, 11) is 2.52. The molecule has 0 radical (unpaired) electrons. The summed E-state index contributed by atoms with van der Waals surface area (Å²) in [6.07, 6.45) is 0.945. The van der Waals surface area contributed by atoms with E-state index in [4.69, 9.17) is 30.6 Å². The molecule has 1 aliphatic rings. The standard InChI is InChI=1S/C36H47ClFN7O6Si/c1-36(2,3)51-35(47)44-15-16-49-31-29(21-28(42-33(31)44)24-19-23(37)9-10-26(24)38)41-27-11-12-39-32-25(27)20-30(34(46)40-13-14-43(4)5)45(32)50-22-48-17-18-52(6,7)8/h9-12,19-21H,13-18,22H2,1-8H3,(H,40,46)(H,39,41,42). The second kappa shape index (κ2) is 16.1. The molecular formula is C36H47ClFN7O6Si. The van der Waals surface area contributed by atoms with Crippen molar-refractivity contribution in [3.63, 3.8) is 0 Å². The molecule has 0 aliphatic carbocycles. The minimum atomic E-state index is -1.33. The number of fused-ring (bicyclic) bond motifs is 2. The van der Waals surface area contributed by atoms with Crippen molar-refractivity contribution in [1.29, 1.82) is 0 Å². The van der Waals surface area contributed by atoms with Crippen molar-refractivity contribution in [1.82, 2.24) is 24.9 Å². The number of halogens is 2. The van der Waals surface area contributed by atoms with Gasteiger partial charge in [0.1, 0.15) is 23.7 Å². The third kappa shape index (κ3) is 9.70. The molecule has 13 nitrogen and oxygen atoms in total. The highest BCUT2D eigenvalue weighted by atomic mass is 35.5. The summed E-state index contributed by atoms with van der Waals surface area (Å²) < 4.78 is 34.2. The first-order chi connectivity index (χ1) is 24.5. The lowest BCUT2D eigenvalue weighted by Crippen LogP contribution is -2.42. The van der Waals surface area contributed by atoms with Gasteiger partial charge in [0.25, 0.3) is 5.91 Å². The van der Waals surface area contributed by atoms with E-state index in [1.165, 1.54) is 27.8 Å². The summed E-state index contributed by atoms with van der Waals surface area (Å²) in [6, 6.07) is 10.1. The van der Waals surface area contributed by atoms with Gasteiger partial charge in [0.15, 0.2) is 17.2 Å². The zero-order valence-corrected chi connectivity index (χ0v) is 32.7. The van der Waals surface area contributed by atoms with E-state index < -0.39 is 25.6 Å². The van der Waals surface area contributed by atoms with Gasteiger partial charge in [-0.1, -0.05) is 31.2 Å². The number of hydrogen-bond acceptors (Lipinski definition) is 10. The lowest BCUT2D eigenvalue weighted by molar-refractivity contribution is -0.0533. The highest BCUT2D eigenvalue weighted by molar-refractivity contribution is 6.76. The quantitative estimate of drug-likeness (QED) is 0.0853. The minimum Gasteiger partial charge on any atom is -0.486 e. The maximum atomic E-state index is 15.3. The van der Waals surface area contributed by atoms with E-state index >= 15 is 4.39 Å². The maximum absolute atomic E-state index is 15.3. The maximum Gasteiger partial charge on any atom is 0.416 e. The Balaban J connectivity index is 1.58. The number of carbonyl (C=O) groups excluding carboxylic acids is 2. The number of amides is 2. The second-order valence-corrected chi connectivity index (χ2v) is 20.9. The third-order valence-electron chi connectivity index (χ3n) is 7.86. The van der Waals surface area contributed by atoms with Crippen LogP contribution in [0.3, 0.4) is 0 Å². The number of pyridine rings is 2. The Bertz CT molecular complexity index is 1930. The highest BCUT2D eigenvalue weighted by Crippen LogP contribution is 2.43. The van der Waals surface area contributed by atoms with Gasteiger partial charge in [-0.3, -0.25) is 9.69 Å². The molecule has 5 rings (SSSR count). The van der Waals surface area contributed by atoms with E-state index in [0.717, 1.165) is 6.04 Å². The first-order valence-electron chi connectivity index (χ1n) is 17.1. The largest absolute Gasteiger partial charge is 0.486 e. The molecule has 0 bridgehead atoms. The Hall–Kier alpha value is -4.44. The fourth-order valence-corrected chi connectivity index (χ4v) is 6.17. The molecule has 16 heteroatoms. The van der Waals surface area contributed by atoms with Crippen LogP contribution >= 0.6 is 11.6 Å². The van der Waals surface area contributed by atoms with Crippen LogP contribution in [0.2, 0.25) is 30.7 Å². The van der Waals surface area contributed by atoms with Crippen LogP contribution in [0.5, 0.6) is 5.75 Å². The van der Waals surface area contributed by atoms with Crippen LogP contribution in [0.4, 0.5) is 26.4 Å². The third-order valence-corrected chi connectivity index (χ3v) is 9.80. The summed E-state index contributed by atoms with van der Waals surface area (Å²) in [5.41, 5.74) is 1.02. The molecule has 0 spiro atoms. The van der Waals surface area contributed by atoms with Crippen LogP contribution in [0.25, 0.3) is 22.3 Å². The zero-order chi connectivity index (χ0) is 37.8. The summed E-state index contributed by atoms with van der Waals surface area (Å²) in [5.74, 6) is -0.519. The predicted molar refractivity (Wildman–Crippen MR) is 203 cm³/mol. The van der Waals surface area contributed by atoms with Crippen LogP contribution < -0.4 is 25.1 Å². The van der Waals surface area contributed by atoms with E-state index in [1.807, 2.05) is 19.0 Å². The summed E-state index contributed by atoms with van der Waals surface area (Å²) in [6.45, 7) is 13.9. The fourth-order valence-electron chi connectivity index (χ4n) is 5.24. The number of likely N-dealkylation sites (N-methyl/N-ethyl adjacent to an activating group) is 1. The normalized spacial score (nSPS) is 13.2. The van der Waals surface area contributed by atoms with Gasteiger partial charge in [-0.25, -0.2) is 19.2 Å². The Morgan fingerprint density at radius 2 is 1.88 bits per heavy atom. The number of hydrogen-bond donors (Lipinski definition) is 2. The van der Waals surface area contributed by atoms with Gasteiger partial charge in [-0.05, 0) is 77.3 Å². The Morgan fingerprint density at radius 1 is 1.12 bits per heavy atom. The lowest BCUT2D eigenvalue weighted by Gasteiger charge is -2.32. The molecule has 0 unspecified atom stereocenters. The zero-order valence-electron chi connectivity index (χ0n) is 30.9. The number of benzene rings is 1. The highest BCUT2D eigenvalue weighted by Gasteiger charge is 2.33. The van der Waals surface area contributed by atoms with Crippen LogP contribution in [0.15, 0.2) is 42.6 Å². The van der Waals surface area contributed by atoms with Crippen LogP contribution in [0, 0.1) is 5.82 Å².